The van der Waals surface area contributed by atoms with Crippen molar-refractivity contribution in [1.82, 2.24) is 10.2 Å². The second kappa shape index (κ2) is 5.96. The van der Waals surface area contributed by atoms with Gasteiger partial charge in [0.15, 0.2) is 0 Å². The Hall–Kier alpha value is -1.75. The first-order valence-corrected chi connectivity index (χ1v) is 9.01. The van der Waals surface area contributed by atoms with Crippen LogP contribution in [0.3, 0.4) is 0 Å². The van der Waals surface area contributed by atoms with Crippen molar-refractivity contribution in [2.24, 2.45) is 11.8 Å². The summed E-state index contributed by atoms with van der Waals surface area (Å²) in [5, 5.41) is 13.4. The van der Waals surface area contributed by atoms with Gasteiger partial charge in [-0.3, -0.25) is 0 Å². The number of aryl methyl sites for hydroxylation is 1. The van der Waals surface area contributed by atoms with Gasteiger partial charge in [0, 0.05) is 30.5 Å². The van der Waals surface area contributed by atoms with Gasteiger partial charge >= 0.3 is 6.03 Å². The topological polar surface area (TPSA) is 61.8 Å². The number of nitrogens with one attached hydrogen (secondary N) is 1. The average Bonchev–Trinajstić information content (AvgIpc) is 2.94. The lowest BCUT2D eigenvalue weighted by Gasteiger charge is -2.45. The Morgan fingerprint density at radius 2 is 1.96 bits per heavy atom. The van der Waals surface area contributed by atoms with E-state index in [9.17, 15) is 9.90 Å². The summed E-state index contributed by atoms with van der Waals surface area (Å²) in [6.07, 6.45) is 2.98. The monoisotopic (exact) mass is 330 g/mol. The van der Waals surface area contributed by atoms with E-state index < -0.39 is 0 Å². The van der Waals surface area contributed by atoms with Crippen molar-refractivity contribution in [2.75, 3.05) is 19.7 Å². The van der Waals surface area contributed by atoms with E-state index in [1.165, 1.54) is 12.0 Å². The minimum Gasteiger partial charge on any atom is -0.490 e. The van der Waals surface area contributed by atoms with E-state index in [0.29, 0.717) is 19.7 Å². The van der Waals surface area contributed by atoms with Crippen LogP contribution in [0.1, 0.15) is 42.0 Å². The van der Waals surface area contributed by atoms with Crippen molar-refractivity contribution in [3.63, 3.8) is 0 Å². The number of rotatable bonds is 1. The van der Waals surface area contributed by atoms with E-state index >= 15 is 0 Å². The molecule has 2 bridgehead atoms. The third kappa shape index (κ3) is 2.55. The number of aliphatic hydroxyl groups excluding tert-OH is 1. The quantitative estimate of drug-likeness (QED) is 0.832. The minimum atomic E-state index is -0.232. The van der Waals surface area contributed by atoms with Gasteiger partial charge in [0.1, 0.15) is 12.4 Å². The van der Waals surface area contributed by atoms with Crippen molar-refractivity contribution in [1.29, 1.82) is 0 Å². The fourth-order valence-electron chi connectivity index (χ4n) is 4.47. The van der Waals surface area contributed by atoms with Crippen LogP contribution in [0.25, 0.3) is 0 Å². The second-order valence-electron chi connectivity index (χ2n) is 7.59. The van der Waals surface area contributed by atoms with Crippen LogP contribution in [0.15, 0.2) is 12.1 Å². The zero-order valence-corrected chi connectivity index (χ0v) is 14.4. The number of carbonyl (C=O) groups excluding carboxylic acids is 1. The summed E-state index contributed by atoms with van der Waals surface area (Å²) in [6, 6.07) is 4.03. The summed E-state index contributed by atoms with van der Waals surface area (Å²) in [5.41, 5.74) is 3.43. The van der Waals surface area contributed by atoms with Gasteiger partial charge in [0.05, 0.1) is 12.1 Å². The zero-order chi connectivity index (χ0) is 16.8. The van der Waals surface area contributed by atoms with Gasteiger partial charge in [-0.1, -0.05) is 18.6 Å². The molecule has 24 heavy (non-hydrogen) atoms. The first-order valence-electron chi connectivity index (χ1n) is 9.01. The number of amides is 2. The molecule has 0 aromatic heterocycles. The standard InChI is InChI=1S/C19H26N2O3/c1-11-6-7-15-16(10-24-18(15)12(11)2)20-19(23)21-8-13-4-3-5-14(9-21)17(13)22/h6-7,13-14,16-17,22H,3-5,8-10H2,1-2H3,(H,20,23). The number of hydrogen-bond acceptors (Lipinski definition) is 3. The predicted molar refractivity (Wildman–Crippen MR) is 91.1 cm³/mol. The molecule has 2 aliphatic heterocycles. The normalized spacial score (nSPS) is 31.4. The molecular weight excluding hydrogens is 304 g/mol. The molecule has 5 heteroatoms. The van der Waals surface area contributed by atoms with Crippen molar-refractivity contribution in [3.8, 4) is 5.75 Å². The first kappa shape index (κ1) is 15.8. The van der Waals surface area contributed by atoms with Crippen LogP contribution < -0.4 is 10.1 Å². The SMILES string of the molecule is Cc1ccc2c(c1C)OCC2NC(=O)N1CC2CCCC(C1)C2O. The highest BCUT2D eigenvalue weighted by atomic mass is 16.5. The summed E-state index contributed by atoms with van der Waals surface area (Å²) < 4.78 is 5.83. The predicted octanol–water partition coefficient (Wildman–Crippen LogP) is 2.54. The summed E-state index contributed by atoms with van der Waals surface area (Å²) >= 11 is 0. The lowest BCUT2D eigenvalue weighted by Crippen LogP contribution is -2.55. The maximum Gasteiger partial charge on any atom is 0.318 e. The molecule has 3 atom stereocenters. The smallest absolute Gasteiger partial charge is 0.318 e. The number of ether oxygens (including phenoxy) is 1. The van der Waals surface area contributed by atoms with Crippen molar-refractivity contribution >= 4 is 6.03 Å². The number of urea groups is 1. The first-order chi connectivity index (χ1) is 11.5. The summed E-state index contributed by atoms with van der Waals surface area (Å²) in [5.74, 6) is 1.40. The van der Waals surface area contributed by atoms with E-state index in [0.717, 1.165) is 29.7 Å². The molecular formula is C19H26N2O3. The number of likely N-dealkylation sites (tertiary alicyclic amines) is 1. The summed E-state index contributed by atoms with van der Waals surface area (Å²) in [7, 11) is 0. The van der Waals surface area contributed by atoms with Crippen LogP contribution in [-0.4, -0.2) is 41.8 Å². The summed E-state index contributed by atoms with van der Waals surface area (Å²) in [4.78, 5) is 14.6. The maximum atomic E-state index is 12.7. The van der Waals surface area contributed by atoms with Gasteiger partial charge in [-0.25, -0.2) is 4.79 Å². The van der Waals surface area contributed by atoms with Crippen LogP contribution in [0.2, 0.25) is 0 Å². The Labute approximate surface area is 143 Å². The minimum absolute atomic E-state index is 0.0292. The molecule has 2 N–H and O–H groups in total. The zero-order valence-electron chi connectivity index (χ0n) is 14.4. The highest BCUT2D eigenvalue weighted by Gasteiger charge is 2.40. The Balaban J connectivity index is 1.46. The Kier molecular flexibility index (Phi) is 3.91. The van der Waals surface area contributed by atoms with Crippen LogP contribution in [-0.2, 0) is 0 Å². The Morgan fingerprint density at radius 3 is 2.67 bits per heavy atom. The number of carbonyl (C=O) groups is 1. The molecule has 1 aliphatic carbocycles. The third-order valence-electron chi connectivity index (χ3n) is 6.09. The highest BCUT2D eigenvalue weighted by molar-refractivity contribution is 5.75. The molecule has 1 aromatic rings. The molecule has 1 saturated carbocycles. The van der Waals surface area contributed by atoms with Crippen molar-refractivity contribution in [2.45, 2.75) is 45.3 Å². The lowest BCUT2D eigenvalue weighted by molar-refractivity contribution is -0.0370. The number of piperidine rings is 1. The fourth-order valence-corrected chi connectivity index (χ4v) is 4.47. The second-order valence-corrected chi connectivity index (χ2v) is 7.59. The number of fused-ring (bicyclic) bond motifs is 3. The van der Waals surface area contributed by atoms with E-state index in [2.05, 4.69) is 31.3 Å². The Bertz CT molecular complexity index is 646. The summed E-state index contributed by atoms with van der Waals surface area (Å²) in [6.45, 7) is 5.96. The molecule has 0 radical (unpaired) electrons. The van der Waals surface area contributed by atoms with Gasteiger partial charge in [-0.05, 0) is 37.8 Å². The van der Waals surface area contributed by atoms with Gasteiger partial charge in [-0.15, -0.1) is 0 Å². The van der Waals surface area contributed by atoms with Crippen molar-refractivity contribution < 1.29 is 14.6 Å². The van der Waals surface area contributed by atoms with Gasteiger partial charge < -0.3 is 20.1 Å². The molecule has 5 nitrogen and oxygen atoms in total. The number of nitrogens with zero attached hydrogens (tertiary/aromatic N) is 1. The molecule has 2 fully saturated rings. The Morgan fingerprint density at radius 1 is 1.25 bits per heavy atom. The van der Waals surface area contributed by atoms with E-state index in [1.807, 2.05) is 4.90 Å². The molecule has 3 aliphatic rings. The molecule has 2 heterocycles. The van der Waals surface area contributed by atoms with E-state index in [4.69, 9.17) is 4.74 Å². The van der Waals surface area contributed by atoms with Crippen molar-refractivity contribution in [3.05, 3.63) is 28.8 Å². The van der Waals surface area contributed by atoms with Gasteiger partial charge in [0.2, 0.25) is 0 Å². The fraction of sp³-hybridized carbons (Fsp3) is 0.632. The van der Waals surface area contributed by atoms with Crippen LogP contribution >= 0.6 is 0 Å². The average molecular weight is 330 g/mol. The molecule has 130 valence electrons. The molecule has 0 spiro atoms. The lowest BCUT2D eigenvalue weighted by atomic mass is 9.75. The van der Waals surface area contributed by atoms with E-state index in [-0.39, 0.29) is 30.0 Å². The molecule has 1 saturated heterocycles. The number of hydrogen-bond donors (Lipinski definition) is 2. The van der Waals surface area contributed by atoms with E-state index in [1.54, 1.807) is 0 Å². The largest absolute Gasteiger partial charge is 0.490 e. The highest BCUT2D eigenvalue weighted by Crippen LogP contribution is 2.38. The molecule has 3 unspecified atom stereocenters. The third-order valence-corrected chi connectivity index (χ3v) is 6.09. The number of benzene rings is 1. The number of aliphatic hydroxyl groups is 1. The maximum absolute atomic E-state index is 12.7. The molecule has 1 aromatic carbocycles. The van der Waals surface area contributed by atoms with Crippen LogP contribution in [0.5, 0.6) is 5.75 Å². The van der Waals surface area contributed by atoms with Crippen LogP contribution in [0, 0.1) is 25.7 Å². The van der Waals surface area contributed by atoms with Gasteiger partial charge in [0.25, 0.3) is 0 Å². The molecule has 2 amide bonds. The van der Waals surface area contributed by atoms with Crippen LogP contribution in [0.4, 0.5) is 4.79 Å². The molecule has 4 rings (SSSR count). The van der Waals surface area contributed by atoms with Gasteiger partial charge in [-0.2, -0.15) is 0 Å².